The number of rotatable bonds is 5. The minimum absolute atomic E-state index is 0.0268. The van der Waals surface area contributed by atoms with Crippen LogP contribution in [0.2, 0.25) is 0 Å². The van der Waals surface area contributed by atoms with E-state index in [4.69, 9.17) is 0 Å². The third-order valence-corrected chi connectivity index (χ3v) is 3.70. The number of benzene rings is 2. The first-order valence-corrected chi connectivity index (χ1v) is 7.35. The fourth-order valence-corrected chi connectivity index (χ4v) is 2.18. The minimum atomic E-state index is 0.0268. The average Bonchev–Trinajstić information content (AvgIpc) is 2.48. The van der Waals surface area contributed by atoms with Crippen molar-refractivity contribution in [2.75, 3.05) is 10.6 Å². The Morgan fingerprint density at radius 1 is 1.05 bits per heavy atom. The second kappa shape index (κ2) is 7.10. The maximum Gasteiger partial charge on any atom is 0.224 e. The van der Waals surface area contributed by atoms with Gasteiger partial charge in [0.25, 0.3) is 0 Å². The van der Waals surface area contributed by atoms with E-state index in [2.05, 4.69) is 32.6 Å². The van der Waals surface area contributed by atoms with E-state index >= 15 is 0 Å². The van der Waals surface area contributed by atoms with Crippen molar-refractivity contribution in [1.82, 2.24) is 0 Å². The number of carbonyl (C=O) groups is 1. The number of amides is 1. The van der Waals surface area contributed by atoms with Gasteiger partial charge in [0.1, 0.15) is 0 Å². The molecule has 2 aromatic carbocycles. The maximum absolute atomic E-state index is 11.3. The van der Waals surface area contributed by atoms with Gasteiger partial charge in [-0.05, 0) is 35.9 Å². The van der Waals surface area contributed by atoms with Crippen LogP contribution in [0, 0.1) is 0 Å². The summed E-state index contributed by atoms with van der Waals surface area (Å²) >= 11 is 3.53. The van der Waals surface area contributed by atoms with Crippen molar-refractivity contribution in [3.05, 3.63) is 58.6 Å². The van der Waals surface area contributed by atoms with Gasteiger partial charge in [0.2, 0.25) is 5.91 Å². The molecule has 0 saturated heterocycles. The number of hydrogen-bond acceptors (Lipinski definition) is 2. The molecule has 0 aliphatic heterocycles. The SMILES string of the molecule is CCC(=O)Nc1ccc(NCc2ccccc2Br)cc1. The van der Waals surface area contributed by atoms with Gasteiger partial charge in [-0.1, -0.05) is 41.1 Å². The highest BCUT2D eigenvalue weighted by atomic mass is 79.9. The lowest BCUT2D eigenvalue weighted by atomic mass is 10.2. The summed E-state index contributed by atoms with van der Waals surface area (Å²) in [6, 6.07) is 15.8. The lowest BCUT2D eigenvalue weighted by molar-refractivity contribution is -0.115. The highest BCUT2D eigenvalue weighted by Gasteiger charge is 2.00. The molecular weight excluding hydrogens is 316 g/mol. The normalized spacial score (nSPS) is 10.1. The second-order valence-electron chi connectivity index (χ2n) is 4.42. The molecule has 2 rings (SSSR count). The monoisotopic (exact) mass is 332 g/mol. The number of halogens is 1. The number of hydrogen-bond donors (Lipinski definition) is 2. The Morgan fingerprint density at radius 2 is 1.70 bits per heavy atom. The number of anilines is 2. The zero-order valence-electron chi connectivity index (χ0n) is 11.3. The van der Waals surface area contributed by atoms with Gasteiger partial charge in [-0.3, -0.25) is 4.79 Å². The molecule has 3 nitrogen and oxygen atoms in total. The summed E-state index contributed by atoms with van der Waals surface area (Å²) in [5.74, 6) is 0.0268. The Hall–Kier alpha value is -1.81. The van der Waals surface area contributed by atoms with Crippen LogP contribution >= 0.6 is 15.9 Å². The number of carbonyl (C=O) groups excluding carboxylic acids is 1. The molecule has 0 fully saturated rings. The summed E-state index contributed by atoms with van der Waals surface area (Å²) in [5, 5.41) is 6.18. The summed E-state index contributed by atoms with van der Waals surface area (Å²) in [6.07, 6.45) is 0.488. The first kappa shape index (κ1) is 14.6. The summed E-state index contributed by atoms with van der Waals surface area (Å²) in [5.41, 5.74) is 3.05. The first-order valence-electron chi connectivity index (χ1n) is 6.56. The predicted molar refractivity (Wildman–Crippen MR) is 86.8 cm³/mol. The van der Waals surface area contributed by atoms with Crippen LogP contribution in [0.1, 0.15) is 18.9 Å². The first-order chi connectivity index (χ1) is 9.69. The molecule has 0 spiro atoms. The second-order valence-corrected chi connectivity index (χ2v) is 5.28. The Bertz CT molecular complexity index is 581. The molecule has 104 valence electrons. The lowest BCUT2D eigenvalue weighted by Crippen LogP contribution is -2.09. The van der Waals surface area contributed by atoms with Crippen molar-refractivity contribution in [3.63, 3.8) is 0 Å². The van der Waals surface area contributed by atoms with E-state index in [0.29, 0.717) is 6.42 Å². The van der Waals surface area contributed by atoms with Gasteiger partial charge in [-0.25, -0.2) is 0 Å². The molecule has 0 aliphatic rings. The van der Waals surface area contributed by atoms with Gasteiger partial charge >= 0.3 is 0 Å². The zero-order chi connectivity index (χ0) is 14.4. The molecular formula is C16H17BrN2O. The van der Waals surface area contributed by atoms with Crippen LogP contribution in [0.15, 0.2) is 53.0 Å². The third kappa shape index (κ3) is 4.10. The molecule has 4 heteroatoms. The molecule has 1 amide bonds. The van der Waals surface area contributed by atoms with Crippen molar-refractivity contribution in [2.24, 2.45) is 0 Å². The Kier molecular flexibility index (Phi) is 5.18. The molecule has 0 aliphatic carbocycles. The molecule has 0 bridgehead atoms. The van der Waals surface area contributed by atoms with Crippen molar-refractivity contribution in [2.45, 2.75) is 19.9 Å². The summed E-state index contributed by atoms with van der Waals surface area (Å²) in [4.78, 5) is 11.3. The van der Waals surface area contributed by atoms with E-state index in [-0.39, 0.29) is 5.91 Å². The van der Waals surface area contributed by atoms with Crippen molar-refractivity contribution in [1.29, 1.82) is 0 Å². The van der Waals surface area contributed by atoms with Gasteiger partial charge in [-0.15, -0.1) is 0 Å². The molecule has 0 heterocycles. The standard InChI is InChI=1S/C16H17BrN2O/c1-2-16(20)19-14-9-7-13(8-10-14)18-11-12-5-3-4-6-15(12)17/h3-10,18H,2,11H2,1H3,(H,19,20). The quantitative estimate of drug-likeness (QED) is 0.851. The van der Waals surface area contributed by atoms with E-state index in [9.17, 15) is 4.79 Å². The molecule has 2 aromatic rings. The van der Waals surface area contributed by atoms with E-state index < -0.39 is 0 Å². The van der Waals surface area contributed by atoms with Crippen LogP contribution in [0.3, 0.4) is 0 Å². The van der Waals surface area contributed by atoms with E-state index in [1.54, 1.807) is 0 Å². The Balaban J connectivity index is 1.94. The zero-order valence-corrected chi connectivity index (χ0v) is 12.9. The molecule has 2 N–H and O–H groups in total. The Morgan fingerprint density at radius 3 is 2.35 bits per heavy atom. The minimum Gasteiger partial charge on any atom is -0.381 e. The van der Waals surface area contributed by atoms with Crippen LogP contribution in [0.25, 0.3) is 0 Å². The highest BCUT2D eigenvalue weighted by Crippen LogP contribution is 2.19. The largest absolute Gasteiger partial charge is 0.381 e. The summed E-state index contributed by atoms with van der Waals surface area (Å²) in [6.45, 7) is 2.59. The molecule has 0 radical (unpaired) electrons. The fourth-order valence-electron chi connectivity index (χ4n) is 1.76. The van der Waals surface area contributed by atoms with E-state index in [1.165, 1.54) is 5.56 Å². The van der Waals surface area contributed by atoms with Gasteiger partial charge in [-0.2, -0.15) is 0 Å². The van der Waals surface area contributed by atoms with Gasteiger partial charge in [0.15, 0.2) is 0 Å². The third-order valence-electron chi connectivity index (χ3n) is 2.93. The van der Waals surface area contributed by atoms with Gasteiger partial charge in [0.05, 0.1) is 0 Å². The molecule has 0 atom stereocenters. The van der Waals surface area contributed by atoms with Crippen LogP contribution in [-0.4, -0.2) is 5.91 Å². The van der Waals surface area contributed by atoms with E-state index in [0.717, 1.165) is 22.4 Å². The topological polar surface area (TPSA) is 41.1 Å². The van der Waals surface area contributed by atoms with Crippen LogP contribution in [0.4, 0.5) is 11.4 Å². The van der Waals surface area contributed by atoms with Gasteiger partial charge in [0, 0.05) is 28.8 Å². The maximum atomic E-state index is 11.3. The van der Waals surface area contributed by atoms with Crippen LogP contribution in [0.5, 0.6) is 0 Å². The summed E-state index contributed by atoms with van der Waals surface area (Å²) in [7, 11) is 0. The Labute approximate surface area is 127 Å². The molecule has 20 heavy (non-hydrogen) atoms. The van der Waals surface area contributed by atoms with Crippen LogP contribution < -0.4 is 10.6 Å². The van der Waals surface area contributed by atoms with Crippen molar-refractivity contribution >= 4 is 33.2 Å². The predicted octanol–water partition coefficient (Wildman–Crippen LogP) is 4.41. The summed E-state index contributed by atoms with van der Waals surface area (Å²) < 4.78 is 1.10. The molecule has 0 aromatic heterocycles. The van der Waals surface area contributed by atoms with Crippen molar-refractivity contribution < 1.29 is 4.79 Å². The smallest absolute Gasteiger partial charge is 0.224 e. The van der Waals surface area contributed by atoms with Crippen molar-refractivity contribution in [3.8, 4) is 0 Å². The average molecular weight is 333 g/mol. The van der Waals surface area contributed by atoms with Gasteiger partial charge < -0.3 is 10.6 Å². The van der Waals surface area contributed by atoms with Crippen LogP contribution in [-0.2, 0) is 11.3 Å². The number of nitrogens with one attached hydrogen (secondary N) is 2. The lowest BCUT2D eigenvalue weighted by Gasteiger charge is -2.09. The molecule has 0 unspecified atom stereocenters. The highest BCUT2D eigenvalue weighted by molar-refractivity contribution is 9.10. The fraction of sp³-hybridized carbons (Fsp3) is 0.188. The molecule has 0 saturated carbocycles. The van der Waals surface area contributed by atoms with E-state index in [1.807, 2.05) is 49.4 Å².